The Morgan fingerprint density at radius 1 is 1.09 bits per heavy atom. The molecule has 2 aromatic carbocycles. The van der Waals surface area contributed by atoms with Crippen LogP contribution in [0.5, 0.6) is 0 Å². The van der Waals surface area contributed by atoms with E-state index in [1.165, 1.54) is 11.1 Å². The Morgan fingerprint density at radius 3 is 2.27 bits per heavy atom. The highest BCUT2D eigenvalue weighted by Crippen LogP contribution is 2.22. The third kappa shape index (κ3) is 4.20. The molecule has 0 aliphatic rings. The van der Waals surface area contributed by atoms with Gasteiger partial charge in [-0.05, 0) is 47.2 Å². The van der Waals surface area contributed by atoms with Crippen molar-refractivity contribution in [2.24, 2.45) is 0 Å². The maximum atomic E-state index is 12.2. The number of hydrogen-bond acceptors (Lipinski definition) is 1. The lowest BCUT2D eigenvalue weighted by atomic mass is 9.87. The molecule has 22 heavy (non-hydrogen) atoms. The first-order chi connectivity index (χ1) is 10.3. The van der Waals surface area contributed by atoms with Crippen LogP contribution in [-0.2, 0) is 12.0 Å². The van der Waals surface area contributed by atoms with Gasteiger partial charge < -0.3 is 5.32 Å². The van der Waals surface area contributed by atoms with Crippen molar-refractivity contribution in [1.82, 2.24) is 5.32 Å². The highest BCUT2D eigenvalue weighted by atomic mass is 79.9. The summed E-state index contributed by atoms with van der Waals surface area (Å²) in [5.41, 5.74) is 4.29. The summed E-state index contributed by atoms with van der Waals surface area (Å²) in [5.74, 6) is -0.0407. The molecule has 0 radical (unpaired) electrons. The van der Waals surface area contributed by atoms with Gasteiger partial charge in [0.25, 0.3) is 5.91 Å². The predicted octanol–water partition coefficient (Wildman–Crippen LogP) is 4.99. The Hall–Kier alpha value is -1.61. The van der Waals surface area contributed by atoms with E-state index in [1.807, 2.05) is 43.3 Å². The van der Waals surface area contributed by atoms with Gasteiger partial charge in [-0.15, -0.1) is 0 Å². The SMILES string of the molecule is Cc1cc(CNC(=O)c2ccc(C(C)(C)C)cc2)ccc1Br. The Bertz CT molecular complexity index is 669. The van der Waals surface area contributed by atoms with Gasteiger partial charge in [0.15, 0.2) is 0 Å². The first-order valence-corrected chi connectivity index (χ1v) is 8.20. The summed E-state index contributed by atoms with van der Waals surface area (Å²) < 4.78 is 1.08. The summed E-state index contributed by atoms with van der Waals surface area (Å²) in [7, 11) is 0. The molecule has 0 unspecified atom stereocenters. The highest BCUT2D eigenvalue weighted by Gasteiger charge is 2.14. The van der Waals surface area contributed by atoms with Crippen LogP contribution in [0.2, 0.25) is 0 Å². The molecule has 1 N–H and O–H groups in total. The number of amides is 1. The van der Waals surface area contributed by atoms with Gasteiger partial charge in [-0.2, -0.15) is 0 Å². The summed E-state index contributed by atoms with van der Waals surface area (Å²) in [5, 5.41) is 2.97. The molecule has 0 fully saturated rings. The first-order valence-electron chi connectivity index (χ1n) is 7.41. The Balaban J connectivity index is 2.01. The maximum Gasteiger partial charge on any atom is 0.251 e. The van der Waals surface area contributed by atoms with Crippen LogP contribution >= 0.6 is 15.9 Å². The normalized spacial score (nSPS) is 11.3. The first kappa shape index (κ1) is 16.8. The molecule has 0 saturated heterocycles. The Kier molecular flexibility index (Phi) is 5.07. The van der Waals surface area contributed by atoms with E-state index >= 15 is 0 Å². The van der Waals surface area contributed by atoms with E-state index in [-0.39, 0.29) is 11.3 Å². The van der Waals surface area contributed by atoms with Crippen LogP contribution in [0.3, 0.4) is 0 Å². The molecule has 2 nitrogen and oxygen atoms in total. The van der Waals surface area contributed by atoms with Crippen LogP contribution in [0.1, 0.15) is 47.8 Å². The minimum atomic E-state index is -0.0407. The second-order valence-corrected chi connectivity index (χ2v) is 7.45. The average molecular weight is 360 g/mol. The molecule has 2 rings (SSSR count). The molecule has 0 spiro atoms. The number of aryl methyl sites for hydroxylation is 1. The van der Waals surface area contributed by atoms with Gasteiger partial charge in [-0.3, -0.25) is 4.79 Å². The van der Waals surface area contributed by atoms with Crippen molar-refractivity contribution in [3.8, 4) is 0 Å². The van der Waals surface area contributed by atoms with Crippen molar-refractivity contribution < 1.29 is 4.79 Å². The third-order valence-electron chi connectivity index (χ3n) is 3.69. The molecule has 0 aromatic heterocycles. The van der Waals surface area contributed by atoms with E-state index in [9.17, 15) is 4.79 Å². The molecule has 0 aliphatic carbocycles. The molecule has 0 bridgehead atoms. The van der Waals surface area contributed by atoms with E-state index in [0.29, 0.717) is 12.1 Å². The quantitative estimate of drug-likeness (QED) is 0.821. The molecular formula is C19H22BrNO. The summed E-state index contributed by atoms with van der Waals surface area (Å²) in [6.07, 6.45) is 0. The number of carbonyl (C=O) groups excluding carboxylic acids is 1. The lowest BCUT2D eigenvalue weighted by Crippen LogP contribution is -2.23. The second-order valence-electron chi connectivity index (χ2n) is 6.59. The predicted molar refractivity (Wildman–Crippen MR) is 95.2 cm³/mol. The zero-order chi connectivity index (χ0) is 16.3. The van der Waals surface area contributed by atoms with Gasteiger partial charge in [0.2, 0.25) is 0 Å². The molecular weight excluding hydrogens is 338 g/mol. The summed E-state index contributed by atoms with van der Waals surface area (Å²) in [6, 6.07) is 13.9. The van der Waals surface area contributed by atoms with Gasteiger partial charge in [-0.25, -0.2) is 0 Å². The van der Waals surface area contributed by atoms with Gasteiger partial charge in [-0.1, -0.05) is 61.0 Å². The average Bonchev–Trinajstić information content (AvgIpc) is 2.47. The van der Waals surface area contributed by atoms with Crippen LogP contribution in [0.4, 0.5) is 0 Å². The fourth-order valence-corrected chi connectivity index (χ4v) is 2.47. The summed E-state index contributed by atoms with van der Waals surface area (Å²) in [6.45, 7) is 9.07. The highest BCUT2D eigenvalue weighted by molar-refractivity contribution is 9.10. The smallest absolute Gasteiger partial charge is 0.251 e. The van der Waals surface area contributed by atoms with Crippen molar-refractivity contribution in [2.75, 3.05) is 0 Å². The topological polar surface area (TPSA) is 29.1 Å². The zero-order valence-corrected chi connectivity index (χ0v) is 15.1. The van der Waals surface area contributed by atoms with Crippen LogP contribution < -0.4 is 5.32 Å². The van der Waals surface area contributed by atoms with E-state index < -0.39 is 0 Å². The molecule has 0 heterocycles. The fourth-order valence-electron chi connectivity index (χ4n) is 2.22. The molecule has 1 amide bonds. The number of rotatable bonds is 3. The number of benzene rings is 2. The van der Waals surface area contributed by atoms with Gasteiger partial charge >= 0.3 is 0 Å². The lowest BCUT2D eigenvalue weighted by Gasteiger charge is -2.19. The fraction of sp³-hybridized carbons (Fsp3) is 0.316. The van der Waals surface area contributed by atoms with E-state index in [4.69, 9.17) is 0 Å². The van der Waals surface area contributed by atoms with Crippen LogP contribution in [0, 0.1) is 6.92 Å². The van der Waals surface area contributed by atoms with Crippen molar-refractivity contribution in [2.45, 2.75) is 39.7 Å². The van der Waals surface area contributed by atoms with E-state index in [1.54, 1.807) is 0 Å². The van der Waals surface area contributed by atoms with Crippen LogP contribution in [0.25, 0.3) is 0 Å². The minimum Gasteiger partial charge on any atom is -0.348 e. The largest absolute Gasteiger partial charge is 0.348 e. The van der Waals surface area contributed by atoms with Crippen molar-refractivity contribution in [3.63, 3.8) is 0 Å². The molecule has 2 aromatic rings. The van der Waals surface area contributed by atoms with Crippen molar-refractivity contribution >= 4 is 21.8 Å². The maximum absolute atomic E-state index is 12.2. The van der Waals surface area contributed by atoms with Gasteiger partial charge in [0, 0.05) is 16.6 Å². The van der Waals surface area contributed by atoms with Crippen molar-refractivity contribution in [3.05, 3.63) is 69.2 Å². The number of carbonyl (C=O) groups is 1. The standard InChI is InChI=1S/C19H22BrNO/c1-13-11-14(5-10-17(13)20)12-21-18(22)15-6-8-16(9-7-15)19(2,3)4/h5-11H,12H2,1-4H3,(H,21,22). The molecule has 0 atom stereocenters. The Morgan fingerprint density at radius 2 is 1.73 bits per heavy atom. The van der Waals surface area contributed by atoms with Gasteiger partial charge in [0.05, 0.1) is 0 Å². The van der Waals surface area contributed by atoms with Crippen molar-refractivity contribution in [1.29, 1.82) is 0 Å². The van der Waals surface area contributed by atoms with Crippen LogP contribution in [0.15, 0.2) is 46.9 Å². The number of nitrogens with one attached hydrogen (secondary N) is 1. The number of hydrogen-bond donors (Lipinski definition) is 1. The van der Waals surface area contributed by atoms with E-state index in [0.717, 1.165) is 10.0 Å². The second kappa shape index (κ2) is 6.66. The molecule has 0 aliphatic heterocycles. The third-order valence-corrected chi connectivity index (χ3v) is 4.58. The van der Waals surface area contributed by atoms with Gasteiger partial charge in [0.1, 0.15) is 0 Å². The summed E-state index contributed by atoms with van der Waals surface area (Å²) in [4.78, 5) is 12.2. The molecule has 3 heteroatoms. The molecule has 116 valence electrons. The van der Waals surface area contributed by atoms with E-state index in [2.05, 4.69) is 48.1 Å². The van der Waals surface area contributed by atoms with Crippen LogP contribution in [-0.4, -0.2) is 5.91 Å². The zero-order valence-electron chi connectivity index (χ0n) is 13.5. The minimum absolute atomic E-state index is 0.0407. The monoisotopic (exact) mass is 359 g/mol. The summed E-state index contributed by atoms with van der Waals surface area (Å²) >= 11 is 3.48. The molecule has 0 saturated carbocycles. The number of halogens is 1. The Labute approximate surface area is 141 Å². The lowest BCUT2D eigenvalue weighted by molar-refractivity contribution is 0.0951.